The molecule has 0 N–H and O–H groups in total. The van der Waals surface area contributed by atoms with Crippen molar-refractivity contribution >= 4 is 43.1 Å². The number of aromatic nitrogens is 2. The van der Waals surface area contributed by atoms with E-state index in [1.807, 2.05) is 68.4 Å². The summed E-state index contributed by atoms with van der Waals surface area (Å²) in [6.07, 6.45) is 1.03. The highest BCUT2D eigenvalue weighted by Crippen LogP contribution is 2.38. The van der Waals surface area contributed by atoms with E-state index in [9.17, 15) is 9.59 Å². The van der Waals surface area contributed by atoms with Crippen LogP contribution in [0.5, 0.6) is 5.75 Å². The third-order valence-electron chi connectivity index (χ3n) is 7.87. The van der Waals surface area contributed by atoms with Gasteiger partial charge in [0.1, 0.15) is 12.4 Å². The third-order valence-corrected chi connectivity index (χ3v) is 10.3. The molecule has 7 heteroatoms. The topological polar surface area (TPSA) is 69.2 Å². The fourth-order valence-corrected chi connectivity index (χ4v) is 7.90. The van der Waals surface area contributed by atoms with E-state index < -0.39 is 0 Å². The zero-order chi connectivity index (χ0) is 29.7. The summed E-state index contributed by atoms with van der Waals surface area (Å²) in [5.74, 6) is 0.754. The van der Waals surface area contributed by atoms with Crippen LogP contribution < -0.4 is 15.6 Å². The van der Waals surface area contributed by atoms with Crippen LogP contribution in [0.25, 0.3) is 41.6 Å². The molecular formula is C36H28N2O3S2. The third kappa shape index (κ3) is 5.19. The molecular weight excluding hydrogens is 573 g/mol. The van der Waals surface area contributed by atoms with E-state index in [0.29, 0.717) is 19.4 Å². The second-order valence-corrected chi connectivity index (χ2v) is 13.1. The van der Waals surface area contributed by atoms with Crippen LogP contribution in [-0.4, -0.2) is 9.97 Å². The first-order valence-corrected chi connectivity index (χ1v) is 15.8. The highest BCUT2D eigenvalue weighted by molar-refractivity contribution is 7.22. The van der Waals surface area contributed by atoms with E-state index >= 15 is 0 Å². The molecule has 0 saturated carbocycles. The van der Waals surface area contributed by atoms with Gasteiger partial charge < -0.3 is 4.74 Å². The van der Waals surface area contributed by atoms with Gasteiger partial charge in [-0.3, -0.25) is 9.59 Å². The number of benzene rings is 5. The monoisotopic (exact) mass is 600 g/mol. The molecule has 2 heterocycles. The van der Waals surface area contributed by atoms with Crippen molar-refractivity contribution in [2.45, 2.75) is 40.2 Å². The van der Waals surface area contributed by atoms with E-state index in [2.05, 4.69) is 19.1 Å². The average molecular weight is 601 g/mol. The van der Waals surface area contributed by atoms with Crippen LogP contribution in [0.2, 0.25) is 0 Å². The van der Waals surface area contributed by atoms with Gasteiger partial charge in [0, 0.05) is 17.2 Å². The summed E-state index contributed by atoms with van der Waals surface area (Å²) in [6.45, 7) is 6.34. The summed E-state index contributed by atoms with van der Waals surface area (Å²) in [4.78, 5) is 38.1. The van der Waals surface area contributed by atoms with Gasteiger partial charge in [0.25, 0.3) is 0 Å². The lowest BCUT2D eigenvalue weighted by Gasteiger charge is -2.16. The fourth-order valence-electron chi connectivity index (χ4n) is 5.50. The summed E-state index contributed by atoms with van der Waals surface area (Å²) in [7, 11) is 0. The number of nitrogens with zero attached hydrogens (tertiary/aromatic N) is 2. The molecule has 0 spiro atoms. The quantitative estimate of drug-likeness (QED) is 0.180. The maximum Gasteiger partial charge on any atom is 0.183 e. The Labute approximate surface area is 256 Å². The van der Waals surface area contributed by atoms with Crippen molar-refractivity contribution in [2.24, 2.45) is 0 Å². The maximum absolute atomic E-state index is 13.4. The van der Waals surface area contributed by atoms with Gasteiger partial charge >= 0.3 is 0 Å². The molecule has 0 aromatic heterocycles. The van der Waals surface area contributed by atoms with Crippen molar-refractivity contribution < 1.29 is 4.74 Å². The van der Waals surface area contributed by atoms with Crippen LogP contribution >= 0.6 is 22.7 Å². The number of rotatable bonds is 6. The van der Waals surface area contributed by atoms with Gasteiger partial charge in [-0.2, -0.15) is 0 Å². The van der Waals surface area contributed by atoms with Crippen LogP contribution in [0.4, 0.5) is 0 Å². The van der Waals surface area contributed by atoms with Crippen molar-refractivity contribution in [1.82, 2.24) is 9.97 Å². The van der Waals surface area contributed by atoms with Crippen LogP contribution in [0.15, 0.2) is 88.5 Å². The molecule has 2 aliphatic carbocycles. The number of hydrogen-bond donors (Lipinski definition) is 0. The molecule has 212 valence electrons. The molecule has 0 fully saturated rings. The molecule has 43 heavy (non-hydrogen) atoms. The van der Waals surface area contributed by atoms with E-state index in [1.165, 1.54) is 0 Å². The first kappa shape index (κ1) is 27.4. The second kappa shape index (κ2) is 11.0. The molecule has 0 radical (unpaired) electrons. The van der Waals surface area contributed by atoms with E-state index in [-0.39, 0.29) is 10.9 Å². The predicted molar refractivity (Wildman–Crippen MR) is 177 cm³/mol. The lowest BCUT2D eigenvalue weighted by molar-refractivity contribution is 0.306. The molecule has 2 aliphatic heterocycles. The van der Waals surface area contributed by atoms with Crippen molar-refractivity contribution in [3.05, 3.63) is 133 Å². The van der Waals surface area contributed by atoms with Gasteiger partial charge in [0.2, 0.25) is 0 Å². The predicted octanol–water partition coefficient (Wildman–Crippen LogP) is 8.13. The van der Waals surface area contributed by atoms with Crippen molar-refractivity contribution in [3.63, 3.8) is 0 Å². The standard InChI is InChI=1S/C36H28N2O3S2/c1-20-9-13-27-32(15-20)43-35-22(3)29(39)17-24(34(35)37-27)10-12-26-30(40)16-21(2)33-36(26)42-31-14-11-25(18-28(31)38-33)41-19-23-7-5-4-6-8-23/h4-9,11,13-18H,10,12,19H2,1-3H3. The second-order valence-electron chi connectivity index (χ2n) is 11.0. The van der Waals surface area contributed by atoms with E-state index in [0.717, 1.165) is 80.7 Å². The smallest absolute Gasteiger partial charge is 0.183 e. The fraction of sp³-hybridized carbons (Fsp3) is 0.167. The van der Waals surface area contributed by atoms with Gasteiger partial charge in [-0.05, 0) is 92.3 Å². The Bertz CT molecular complexity index is 2220. The van der Waals surface area contributed by atoms with Gasteiger partial charge in [-0.1, -0.05) is 36.4 Å². The maximum atomic E-state index is 13.4. The minimum Gasteiger partial charge on any atom is -0.489 e. The summed E-state index contributed by atoms with van der Waals surface area (Å²) in [6, 6.07) is 25.6. The highest BCUT2D eigenvalue weighted by atomic mass is 32.1. The number of ether oxygens (including phenoxy) is 1. The Balaban J connectivity index is 1.25. The van der Waals surface area contributed by atoms with Crippen LogP contribution in [-0.2, 0) is 19.4 Å². The van der Waals surface area contributed by atoms with Gasteiger partial charge in [0.15, 0.2) is 10.9 Å². The molecule has 0 atom stereocenters. The minimum absolute atomic E-state index is 0.000625. The molecule has 3 aromatic rings. The van der Waals surface area contributed by atoms with Crippen LogP contribution in [0.1, 0.15) is 33.4 Å². The van der Waals surface area contributed by atoms with Crippen molar-refractivity contribution in [3.8, 4) is 26.9 Å². The summed E-state index contributed by atoms with van der Waals surface area (Å²) in [5, 5.41) is 0. The molecule has 0 bridgehead atoms. The molecule has 7 rings (SSSR count). The number of hydrogen-bond acceptors (Lipinski definition) is 7. The number of aryl methyl sites for hydroxylation is 3. The SMILES string of the molecule is Cc1ccc2nc3c(CCc4c5sc6ccc(OCc7ccccc7)cc6nc-5c(C)cc4=O)cc(=O)c(C)c-3sc2c1. The van der Waals surface area contributed by atoms with Crippen molar-refractivity contribution in [1.29, 1.82) is 0 Å². The van der Waals surface area contributed by atoms with Gasteiger partial charge in [0.05, 0.1) is 41.6 Å². The molecule has 0 unspecified atom stereocenters. The lowest BCUT2D eigenvalue weighted by atomic mass is 9.96. The van der Waals surface area contributed by atoms with Gasteiger partial charge in [-0.15, -0.1) is 22.7 Å². The van der Waals surface area contributed by atoms with Gasteiger partial charge in [-0.25, -0.2) is 9.97 Å². The zero-order valence-corrected chi connectivity index (χ0v) is 25.7. The molecule has 5 nitrogen and oxygen atoms in total. The summed E-state index contributed by atoms with van der Waals surface area (Å²) < 4.78 is 8.09. The Kier molecular flexibility index (Phi) is 7.00. The average Bonchev–Trinajstić information content (AvgIpc) is 3.01. The first-order chi connectivity index (χ1) is 20.8. The molecule has 3 aromatic carbocycles. The summed E-state index contributed by atoms with van der Waals surface area (Å²) in [5.41, 5.74) is 8.86. The first-order valence-electron chi connectivity index (χ1n) is 14.2. The zero-order valence-electron chi connectivity index (χ0n) is 24.1. The Morgan fingerprint density at radius 1 is 0.698 bits per heavy atom. The minimum atomic E-state index is 0.000625. The molecule has 0 amide bonds. The molecule has 0 saturated heterocycles. The van der Waals surface area contributed by atoms with E-state index in [4.69, 9.17) is 14.7 Å². The Morgan fingerprint density at radius 2 is 1.49 bits per heavy atom. The van der Waals surface area contributed by atoms with E-state index in [1.54, 1.807) is 34.8 Å². The normalized spacial score (nSPS) is 11.6. The van der Waals surface area contributed by atoms with Crippen molar-refractivity contribution in [2.75, 3.05) is 0 Å². The number of fused-ring (bicyclic) bond motifs is 4. The Hall–Kier alpha value is -4.46. The van der Waals surface area contributed by atoms with Crippen LogP contribution in [0.3, 0.4) is 0 Å². The highest BCUT2D eigenvalue weighted by Gasteiger charge is 2.21. The summed E-state index contributed by atoms with van der Waals surface area (Å²) >= 11 is 3.20. The van der Waals surface area contributed by atoms with Crippen LogP contribution in [0, 0.1) is 20.8 Å². The Morgan fingerprint density at radius 3 is 2.33 bits per heavy atom. The largest absolute Gasteiger partial charge is 0.489 e. The molecule has 4 aliphatic rings. The lowest BCUT2D eigenvalue weighted by Crippen LogP contribution is -2.15.